The van der Waals surface area contributed by atoms with Crippen molar-refractivity contribution in [3.05, 3.63) is 100 Å². The molecule has 0 saturated carbocycles. The molecule has 4 aromatic rings. The summed E-state index contributed by atoms with van der Waals surface area (Å²) in [5.41, 5.74) is 4.51. The molecule has 0 radical (unpaired) electrons. The van der Waals surface area contributed by atoms with Gasteiger partial charge in [0, 0.05) is 22.7 Å². The van der Waals surface area contributed by atoms with Crippen LogP contribution in [0.4, 0.5) is 0 Å². The average molecular weight is 544 g/mol. The lowest BCUT2D eigenvalue weighted by Gasteiger charge is -2.14. The molecule has 1 aliphatic heterocycles. The Morgan fingerprint density at radius 2 is 1.90 bits per heavy atom. The lowest BCUT2D eigenvalue weighted by atomic mass is 9.79. The molecule has 11 heteroatoms. The summed E-state index contributed by atoms with van der Waals surface area (Å²) in [7, 11) is 0.0786. The second-order valence-electron chi connectivity index (χ2n) is 9.25. The Labute approximate surface area is 231 Å². The number of rotatable bonds is 8. The fourth-order valence-corrected chi connectivity index (χ4v) is 4.81. The molecule has 0 bridgehead atoms. The maximum Gasteiger partial charge on any atom is 0.488 e. The van der Waals surface area contributed by atoms with Crippen LogP contribution in [0.15, 0.2) is 71.7 Å². The number of methoxy groups -OCH3 is 1. The lowest BCUT2D eigenvalue weighted by Crippen LogP contribution is -2.30. The zero-order valence-electron chi connectivity index (χ0n) is 21.5. The standard InChI is InChI=1S/C28H27BClN5O4/c1-17-33-34-28-24(16-26(36)31-13-12-18-4-3-5-20(14-18)29(37)38)32-27(19-6-8-21(30)9-7-19)23-15-22(39-2)10-11-25(23)35(17)28/h3-11,14-15,24,37-38H,12-13,16H2,1-2H3,(H,31,36)/t24-/m0/s1. The second kappa shape index (κ2) is 11.4. The molecule has 39 heavy (non-hydrogen) atoms. The van der Waals surface area contributed by atoms with Crippen LogP contribution in [0.25, 0.3) is 5.69 Å². The van der Waals surface area contributed by atoms with Crippen LogP contribution in [0, 0.1) is 6.92 Å². The SMILES string of the molecule is COc1ccc2c(c1)C(c1ccc(Cl)cc1)=N[C@@H](CC(=O)NCCc1cccc(B(O)O)c1)c1nnc(C)n1-2. The van der Waals surface area contributed by atoms with Crippen LogP contribution in [-0.4, -0.2) is 57.2 Å². The summed E-state index contributed by atoms with van der Waals surface area (Å²) in [5.74, 6) is 1.74. The third-order valence-corrected chi connectivity index (χ3v) is 6.87. The molecule has 0 unspecified atom stereocenters. The van der Waals surface area contributed by atoms with Crippen molar-refractivity contribution in [1.82, 2.24) is 20.1 Å². The number of fused-ring (bicyclic) bond motifs is 3. The molecule has 0 fully saturated rings. The van der Waals surface area contributed by atoms with E-state index in [2.05, 4.69) is 15.5 Å². The van der Waals surface area contributed by atoms with E-state index in [-0.39, 0.29) is 12.3 Å². The van der Waals surface area contributed by atoms with Gasteiger partial charge in [0.2, 0.25) is 5.91 Å². The highest BCUT2D eigenvalue weighted by molar-refractivity contribution is 6.58. The quantitative estimate of drug-likeness (QED) is 0.294. The highest BCUT2D eigenvalue weighted by atomic mass is 35.5. The van der Waals surface area contributed by atoms with Crippen LogP contribution in [0.5, 0.6) is 5.75 Å². The van der Waals surface area contributed by atoms with E-state index in [1.165, 1.54) is 0 Å². The van der Waals surface area contributed by atoms with Crippen molar-refractivity contribution in [3.8, 4) is 11.4 Å². The van der Waals surface area contributed by atoms with Crippen LogP contribution in [-0.2, 0) is 11.2 Å². The van der Waals surface area contributed by atoms with Gasteiger partial charge in [-0.3, -0.25) is 14.4 Å². The largest absolute Gasteiger partial charge is 0.497 e. The van der Waals surface area contributed by atoms with E-state index in [4.69, 9.17) is 21.3 Å². The number of hydrogen-bond acceptors (Lipinski definition) is 7. The minimum atomic E-state index is -1.53. The Kier molecular flexibility index (Phi) is 7.78. The van der Waals surface area contributed by atoms with E-state index in [0.29, 0.717) is 46.6 Å². The highest BCUT2D eigenvalue weighted by Gasteiger charge is 2.30. The number of carbonyl (C=O) groups excluding carboxylic acids is 1. The number of benzene rings is 3. The van der Waals surface area contributed by atoms with Crippen LogP contribution < -0.4 is 15.5 Å². The molecule has 9 nitrogen and oxygen atoms in total. The number of aliphatic imine (C=N–C) groups is 1. The van der Waals surface area contributed by atoms with Crippen molar-refractivity contribution in [3.63, 3.8) is 0 Å². The summed E-state index contributed by atoms with van der Waals surface area (Å²) < 4.78 is 7.44. The van der Waals surface area contributed by atoms with Crippen LogP contribution in [0.1, 0.15) is 40.8 Å². The van der Waals surface area contributed by atoms with E-state index >= 15 is 0 Å². The fraction of sp³-hybridized carbons (Fsp3) is 0.214. The number of ether oxygens (including phenoxy) is 1. The number of nitrogens with zero attached hydrogens (tertiary/aromatic N) is 4. The summed E-state index contributed by atoms with van der Waals surface area (Å²) in [5, 5.41) is 31.1. The molecule has 2 heterocycles. The van der Waals surface area contributed by atoms with Gasteiger partial charge in [0.05, 0.1) is 24.9 Å². The predicted octanol–water partition coefficient (Wildman–Crippen LogP) is 2.56. The summed E-state index contributed by atoms with van der Waals surface area (Å²) in [6.45, 7) is 2.25. The summed E-state index contributed by atoms with van der Waals surface area (Å²) in [4.78, 5) is 18.2. The third kappa shape index (κ3) is 5.73. The Balaban J connectivity index is 1.45. The highest BCUT2D eigenvalue weighted by Crippen LogP contribution is 2.34. The molecule has 3 N–H and O–H groups in total. The topological polar surface area (TPSA) is 122 Å². The third-order valence-electron chi connectivity index (χ3n) is 6.61. The summed E-state index contributed by atoms with van der Waals surface area (Å²) >= 11 is 6.16. The molecule has 1 aliphatic rings. The lowest BCUT2D eigenvalue weighted by molar-refractivity contribution is -0.121. The number of nitrogens with one attached hydrogen (secondary N) is 1. The number of amides is 1. The van der Waals surface area contributed by atoms with E-state index in [1.54, 1.807) is 25.3 Å². The van der Waals surface area contributed by atoms with E-state index in [1.807, 2.05) is 60.0 Å². The maximum atomic E-state index is 13.1. The Morgan fingerprint density at radius 1 is 1.10 bits per heavy atom. The molecule has 0 saturated heterocycles. The van der Waals surface area contributed by atoms with Gasteiger partial charge in [-0.2, -0.15) is 0 Å². The first-order chi connectivity index (χ1) is 18.8. The molecular weight excluding hydrogens is 517 g/mol. The number of aromatic nitrogens is 3. The van der Waals surface area contributed by atoms with Gasteiger partial charge in [-0.25, -0.2) is 0 Å². The van der Waals surface area contributed by atoms with Crippen molar-refractivity contribution >= 4 is 35.8 Å². The molecule has 198 valence electrons. The smallest absolute Gasteiger partial charge is 0.488 e. The summed E-state index contributed by atoms with van der Waals surface area (Å²) in [6.07, 6.45) is 0.604. The summed E-state index contributed by atoms with van der Waals surface area (Å²) in [6, 6.07) is 19.5. The molecule has 5 rings (SSSR count). The van der Waals surface area contributed by atoms with Crippen molar-refractivity contribution in [2.45, 2.75) is 25.8 Å². The number of halogens is 1. The van der Waals surface area contributed by atoms with Crippen molar-refractivity contribution in [2.75, 3.05) is 13.7 Å². The molecule has 1 atom stereocenters. The molecule has 1 aromatic heterocycles. The molecular formula is C28H27BClN5O4. The van der Waals surface area contributed by atoms with E-state index in [0.717, 1.165) is 22.4 Å². The van der Waals surface area contributed by atoms with Crippen LogP contribution in [0.3, 0.4) is 0 Å². The Morgan fingerprint density at radius 3 is 2.64 bits per heavy atom. The van der Waals surface area contributed by atoms with Gasteiger partial charge in [0.25, 0.3) is 0 Å². The average Bonchev–Trinajstić information content (AvgIpc) is 3.26. The normalized spacial score (nSPS) is 14.1. The van der Waals surface area contributed by atoms with Gasteiger partial charge in [0.15, 0.2) is 5.82 Å². The number of hydrogen-bond donors (Lipinski definition) is 3. The Bertz CT molecular complexity index is 1540. The molecule has 3 aromatic carbocycles. The van der Waals surface area contributed by atoms with Gasteiger partial charge in [-0.15, -0.1) is 10.2 Å². The minimum absolute atomic E-state index is 0.0652. The van der Waals surface area contributed by atoms with Crippen molar-refractivity contribution in [2.24, 2.45) is 4.99 Å². The first kappa shape index (κ1) is 26.6. The van der Waals surface area contributed by atoms with Gasteiger partial charge >= 0.3 is 7.12 Å². The number of aryl methyl sites for hydroxylation is 1. The molecule has 1 amide bonds. The monoisotopic (exact) mass is 543 g/mol. The first-order valence-electron chi connectivity index (χ1n) is 12.5. The fourth-order valence-electron chi connectivity index (χ4n) is 4.68. The second-order valence-corrected chi connectivity index (χ2v) is 9.68. The van der Waals surface area contributed by atoms with Gasteiger partial charge in [-0.1, -0.05) is 48.0 Å². The van der Waals surface area contributed by atoms with Crippen molar-refractivity contribution < 1.29 is 19.6 Å². The molecule has 0 spiro atoms. The first-order valence-corrected chi connectivity index (χ1v) is 12.9. The zero-order chi connectivity index (χ0) is 27.5. The Hall–Kier alpha value is -3.99. The van der Waals surface area contributed by atoms with E-state index in [9.17, 15) is 14.8 Å². The molecule has 0 aliphatic carbocycles. The van der Waals surface area contributed by atoms with Gasteiger partial charge in [-0.05, 0) is 54.7 Å². The zero-order valence-corrected chi connectivity index (χ0v) is 22.3. The maximum absolute atomic E-state index is 13.1. The van der Waals surface area contributed by atoms with E-state index < -0.39 is 13.2 Å². The van der Waals surface area contributed by atoms with Gasteiger partial charge < -0.3 is 20.1 Å². The minimum Gasteiger partial charge on any atom is -0.497 e. The van der Waals surface area contributed by atoms with Crippen LogP contribution >= 0.6 is 11.6 Å². The number of carbonyl (C=O) groups is 1. The van der Waals surface area contributed by atoms with Gasteiger partial charge in [0.1, 0.15) is 17.6 Å². The predicted molar refractivity (Wildman–Crippen MR) is 150 cm³/mol. The van der Waals surface area contributed by atoms with Crippen molar-refractivity contribution in [1.29, 1.82) is 0 Å². The van der Waals surface area contributed by atoms with Crippen LogP contribution in [0.2, 0.25) is 5.02 Å².